The lowest BCUT2D eigenvalue weighted by Crippen LogP contribution is -2.54. The fourth-order valence-electron chi connectivity index (χ4n) is 4.90. The van der Waals surface area contributed by atoms with Crippen LogP contribution in [0.3, 0.4) is 0 Å². The highest BCUT2D eigenvalue weighted by atomic mass is 32.2. The van der Waals surface area contributed by atoms with Crippen molar-refractivity contribution >= 4 is 21.8 Å². The van der Waals surface area contributed by atoms with Gasteiger partial charge in [-0.05, 0) is 62.3 Å². The van der Waals surface area contributed by atoms with E-state index in [1.807, 2.05) is 0 Å². The summed E-state index contributed by atoms with van der Waals surface area (Å²) in [5.41, 5.74) is 1.68. The SMILES string of the molecule is COc1ccc(S(=O)(=O)N(CCC(=O)N2CCCCC2)C(C(=O)NO)C2CCCCC2)cc1. The van der Waals surface area contributed by atoms with Crippen molar-refractivity contribution < 1.29 is 28.0 Å². The summed E-state index contributed by atoms with van der Waals surface area (Å²) < 4.78 is 33.7. The Kier molecular flexibility index (Phi) is 9.10. The molecule has 0 bridgehead atoms. The highest BCUT2D eigenvalue weighted by molar-refractivity contribution is 7.89. The van der Waals surface area contributed by atoms with Gasteiger partial charge in [-0.1, -0.05) is 19.3 Å². The maximum Gasteiger partial charge on any atom is 0.262 e. The second-order valence-electron chi connectivity index (χ2n) is 8.80. The molecule has 1 heterocycles. The summed E-state index contributed by atoms with van der Waals surface area (Å²) in [7, 11) is -2.63. The number of piperidine rings is 1. The number of hydrogen-bond acceptors (Lipinski definition) is 6. The van der Waals surface area contributed by atoms with Crippen LogP contribution in [0.2, 0.25) is 0 Å². The Morgan fingerprint density at radius 1 is 1.09 bits per heavy atom. The molecule has 1 aromatic carbocycles. The molecule has 2 N–H and O–H groups in total. The second-order valence-corrected chi connectivity index (χ2v) is 10.7. The van der Waals surface area contributed by atoms with Crippen molar-refractivity contribution in [1.29, 1.82) is 0 Å². The monoisotopic (exact) mass is 481 g/mol. The van der Waals surface area contributed by atoms with Gasteiger partial charge in [0.2, 0.25) is 15.9 Å². The molecule has 1 unspecified atom stereocenters. The molecule has 2 aliphatic rings. The molecule has 1 atom stereocenters. The van der Waals surface area contributed by atoms with Crippen LogP contribution >= 0.6 is 0 Å². The van der Waals surface area contributed by atoms with Gasteiger partial charge in [-0.3, -0.25) is 14.8 Å². The summed E-state index contributed by atoms with van der Waals surface area (Å²) in [6.45, 7) is 1.22. The molecule has 10 heteroatoms. The number of carbonyl (C=O) groups excluding carboxylic acids is 2. The first-order valence-corrected chi connectivity index (χ1v) is 13.2. The molecule has 1 aliphatic heterocycles. The number of ether oxygens (including phenoxy) is 1. The van der Waals surface area contributed by atoms with E-state index in [1.165, 1.54) is 19.2 Å². The van der Waals surface area contributed by atoms with E-state index in [1.54, 1.807) is 22.5 Å². The number of benzene rings is 1. The number of sulfonamides is 1. The van der Waals surface area contributed by atoms with Crippen LogP contribution in [-0.2, 0) is 19.6 Å². The van der Waals surface area contributed by atoms with Crippen molar-refractivity contribution in [3.63, 3.8) is 0 Å². The Labute approximate surface area is 196 Å². The molecular formula is C23H35N3O6S. The van der Waals surface area contributed by atoms with Crippen LogP contribution in [0.15, 0.2) is 29.2 Å². The third-order valence-electron chi connectivity index (χ3n) is 6.71. The van der Waals surface area contributed by atoms with Crippen LogP contribution in [0, 0.1) is 5.92 Å². The largest absolute Gasteiger partial charge is 0.497 e. The molecule has 0 radical (unpaired) electrons. The molecule has 1 saturated heterocycles. The van der Waals surface area contributed by atoms with Gasteiger partial charge in [0.05, 0.1) is 12.0 Å². The van der Waals surface area contributed by atoms with Crippen molar-refractivity contribution in [2.75, 3.05) is 26.7 Å². The average molecular weight is 482 g/mol. The zero-order chi connectivity index (χ0) is 23.8. The number of rotatable bonds is 9. The first kappa shape index (κ1) is 25.5. The molecule has 3 rings (SSSR count). The standard InChI is InChI=1S/C23H35N3O6S/c1-32-19-10-12-20(13-11-19)33(30,31)26(17-14-21(27)25-15-6-3-7-16-25)22(23(28)24-29)18-8-4-2-5-9-18/h10-13,18,22,29H,2-9,14-17H2,1H3,(H,24,28). The maximum atomic E-state index is 13.7. The molecule has 1 aliphatic carbocycles. The highest BCUT2D eigenvalue weighted by Gasteiger charge is 2.41. The number of carbonyl (C=O) groups is 2. The molecule has 9 nitrogen and oxygen atoms in total. The fraction of sp³-hybridized carbons (Fsp3) is 0.652. The Morgan fingerprint density at radius 3 is 2.27 bits per heavy atom. The van der Waals surface area contributed by atoms with Crippen molar-refractivity contribution in [2.24, 2.45) is 5.92 Å². The minimum absolute atomic E-state index is 0.0141. The molecule has 2 fully saturated rings. The summed E-state index contributed by atoms with van der Waals surface area (Å²) in [6.07, 6.45) is 7.14. The van der Waals surface area contributed by atoms with E-state index in [0.717, 1.165) is 42.8 Å². The third kappa shape index (κ3) is 6.24. The molecule has 0 aromatic heterocycles. The molecule has 2 amide bonds. The molecule has 184 valence electrons. The number of hydrogen-bond donors (Lipinski definition) is 2. The van der Waals surface area contributed by atoms with E-state index in [2.05, 4.69) is 0 Å². The normalized spacial score (nSPS) is 18.7. The summed E-state index contributed by atoms with van der Waals surface area (Å²) in [5.74, 6) is -0.595. The number of amides is 2. The van der Waals surface area contributed by atoms with Gasteiger partial charge in [-0.15, -0.1) is 0 Å². The minimum Gasteiger partial charge on any atom is -0.497 e. The zero-order valence-electron chi connectivity index (χ0n) is 19.2. The number of likely N-dealkylation sites (tertiary alicyclic amines) is 1. The fourth-order valence-corrected chi connectivity index (χ4v) is 6.54. The van der Waals surface area contributed by atoms with E-state index >= 15 is 0 Å². The van der Waals surface area contributed by atoms with Gasteiger partial charge < -0.3 is 9.64 Å². The highest BCUT2D eigenvalue weighted by Crippen LogP contribution is 2.32. The van der Waals surface area contributed by atoms with Crippen LogP contribution in [-0.4, -0.2) is 67.4 Å². The lowest BCUT2D eigenvalue weighted by molar-refractivity contribution is -0.137. The van der Waals surface area contributed by atoms with Gasteiger partial charge in [-0.2, -0.15) is 4.31 Å². The van der Waals surface area contributed by atoms with Gasteiger partial charge in [-0.25, -0.2) is 13.9 Å². The maximum absolute atomic E-state index is 13.7. The van der Waals surface area contributed by atoms with Crippen LogP contribution in [0.25, 0.3) is 0 Å². The predicted molar refractivity (Wildman–Crippen MR) is 122 cm³/mol. The summed E-state index contributed by atoms with van der Waals surface area (Å²) in [4.78, 5) is 27.4. The summed E-state index contributed by atoms with van der Waals surface area (Å²) in [6, 6.07) is 4.87. The number of nitrogens with zero attached hydrogens (tertiary/aromatic N) is 2. The van der Waals surface area contributed by atoms with Gasteiger partial charge in [0, 0.05) is 26.1 Å². The van der Waals surface area contributed by atoms with Gasteiger partial charge in [0.25, 0.3) is 5.91 Å². The first-order chi connectivity index (χ1) is 15.9. The average Bonchev–Trinajstić information content (AvgIpc) is 2.86. The molecule has 0 spiro atoms. The van der Waals surface area contributed by atoms with Crippen molar-refractivity contribution in [2.45, 2.75) is 68.7 Å². The molecule has 1 saturated carbocycles. The van der Waals surface area contributed by atoms with Gasteiger partial charge >= 0.3 is 0 Å². The summed E-state index contributed by atoms with van der Waals surface area (Å²) >= 11 is 0. The smallest absolute Gasteiger partial charge is 0.262 e. The molecule has 1 aromatic rings. The van der Waals surface area contributed by atoms with Crippen LogP contribution in [0.5, 0.6) is 5.75 Å². The van der Waals surface area contributed by atoms with Gasteiger partial charge in [0.1, 0.15) is 11.8 Å². The van der Waals surface area contributed by atoms with E-state index in [0.29, 0.717) is 31.7 Å². The number of hydroxylamine groups is 1. The Hall–Kier alpha value is -2.17. The first-order valence-electron chi connectivity index (χ1n) is 11.8. The van der Waals surface area contributed by atoms with Crippen molar-refractivity contribution in [3.05, 3.63) is 24.3 Å². The van der Waals surface area contributed by atoms with E-state index in [9.17, 15) is 23.2 Å². The zero-order valence-corrected chi connectivity index (χ0v) is 20.1. The van der Waals surface area contributed by atoms with Crippen LogP contribution in [0.1, 0.15) is 57.8 Å². The van der Waals surface area contributed by atoms with Crippen LogP contribution in [0.4, 0.5) is 0 Å². The number of nitrogens with one attached hydrogen (secondary N) is 1. The Balaban J connectivity index is 1.92. The van der Waals surface area contributed by atoms with E-state index < -0.39 is 22.0 Å². The predicted octanol–water partition coefficient (Wildman–Crippen LogP) is 2.54. The topological polar surface area (TPSA) is 116 Å². The summed E-state index contributed by atoms with van der Waals surface area (Å²) in [5, 5.41) is 9.46. The Morgan fingerprint density at radius 2 is 1.70 bits per heavy atom. The molecule has 33 heavy (non-hydrogen) atoms. The number of methoxy groups -OCH3 is 1. The van der Waals surface area contributed by atoms with Crippen molar-refractivity contribution in [3.8, 4) is 5.75 Å². The minimum atomic E-state index is -4.12. The van der Waals surface area contributed by atoms with Gasteiger partial charge in [0.15, 0.2) is 0 Å². The Bertz CT molecular complexity index is 893. The lowest BCUT2D eigenvalue weighted by Gasteiger charge is -2.37. The third-order valence-corrected chi connectivity index (χ3v) is 8.60. The van der Waals surface area contributed by atoms with Crippen LogP contribution < -0.4 is 10.2 Å². The van der Waals surface area contributed by atoms with Crippen molar-refractivity contribution in [1.82, 2.24) is 14.7 Å². The van der Waals surface area contributed by atoms with E-state index in [-0.39, 0.29) is 29.7 Å². The molecular weight excluding hydrogens is 446 g/mol. The second kappa shape index (κ2) is 11.8. The lowest BCUT2D eigenvalue weighted by atomic mass is 9.83. The quantitative estimate of drug-likeness (QED) is 0.414. The van der Waals surface area contributed by atoms with E-state index in [4.69, 9.17) is 4.74 Å².